The Kier molecular flexibility index (Phi) is 2.98. The first-order valence-corrected chi connectivity index (χ1v) is 4.85. The number of carbonyl (C=O) groups excluding carboxylic acids is 1. The summed E-state index contributed by atoms with van der Waals surface area (Å²) >= 11 is 0. The molecule has 1 aromatic heterocycles. The summed E-state index contributed by atoms with van der Waals surface area (Å²) in [4.78, 5) is 15.8. The van der Waals surface area contributed by atoms with Crippen LogP contribution in [-0.4, -0.2) is 10.9 Å². The number of nitrogens with zero attached hydrogens (tertiary/aromatic N) is 1. The van der Waals surface area contributed by atoms with E-state index >= 15 is 0 Å². The Bertz CT molecular complexity index is 380. The number of carbonyl (C=O) groups is 1. The molecule has 0 aliphatic rings. The quantitative estimate of drug-likeness (QED) is 0.739. The molecular weight excluding hydrogens is 190 g/mol. The first-order chi connectivity index (χ1) is 6.80. The molecule has 0 aromatic carbocycles. The first-order valence-electron chi connectivity index (χ1n) is 4.85. The van der Waals surface area contributed by atoms with E-state index in [2.05, 4.69) is 10.3 Å². The summed E-state index contributed by atoms with van der Waals surface area (Å²) in [5.74, 6) is 0.878. The fraction of sp³-hybridized carbons (Fsp3) is 0.455. The normalized spacial score (nSPS) is 11.2. The smallest absolute Gasteiger partial charge is 0.230 e. The molecule has 0 aliphatic heterocycles. The molecule has 0 saturated carbocycles. The number of rotatable bonds is 1. The van der Waals surface area contributed by atoms with Crippen molar-refractivity contribution in [1.29, 1.82) is 0 Å². The average Bonchev–Trinajstić information content (AvgIpc) is 2.09. The molecule has 0 unspecified atom stereocenters. The van der Waals surface area contributed by atoms with Crippen molar-refractivity contribution >= 4 is 17.5 Å². The van der Waals surface area contributed by atoms with Gasteiger partial charge in [-0.3, -0.25) is 4.79 Å². The number of nitrogens with one attached hydrogen (secondary N) is 1. The van der Waals surface area contributed by atoms with Gasteiger partial charge < -0.3 is 11.1 Å². The number of anilines is 2. The fourth-order valence-corrected chi connectivity index (χ4v) is 0.965. The van der Waals surface area contributed by atoms with E-state index in [1.54, 1.807) is 6.07 Å². The lowest BCUT2D eigenvalue weighted by molar-refractivity contribution is -0.123. The number of nitrogen functional groups attached to an aromatic ring is 1. The lowest BCUT2D eigenvalue weighted by Gasteiger charge is -2.18. The number of hydrogen-bond donors (Lipinski definition) is 2. The third-order valence-corrected chi connectivity index (χ3v) is 2.03. The van der Waals surface area contributed by atoms with Crippen LogP contribution in [0.3, 0.4) is 0 Å². The van der Waals surface area contributed by atoms with Crippen LogP contribution in [0.2, 0.25) is 0 Å². The molecule has 0 bridgehead atoms. The summed E-state index contributed by atoms with van der Waals surface area (Å²) < 4.78 is 0. The van der Waals surface area contributed by atoms with E-state index in [4.69, 9.17) is 5.73 Å². The van der Waals surface area contributed by atoms with Gasteiger partial charge in [-0.1, -0.05) is 26.8 Å². The average molecular weight is 207 g/mol. The standard InChI is InChI=1S/C11H17N3O/c1-7-5-6-8(12)13-9(7)14-10(15)11(2,3)4/h5-6H,1-4H3,(H3,12,13,14,15). The number of aromatic nitrogens is 1. The molecule has 1 aromatic rings. The zero-order chi connectivity index (χ0) is 11.6. The Morgan fingerprint density at radius 2 is 2.00 bits per heavy atom. The van der Waals surface area contributed by atoms with Gasteiger partial charge in [-0.15, -0.1) is 0 Å². The third kappa shape index (κ3) is 2.94. The van der Waals surface area contributed by atoms with E-state index < -0.39 is 5.41 Å². The van der Waals surface area contributed by atoms with Crippen molar-refractivity contribution in [2.24, 2.45) is 5.41 Å². The van der Waals surface area contributed by atoms with Gasteiger partial charge in [0.05, 0.1) is 0 Å². The molecule has 3 N–H and O–H groups in total. The number of pyridine rings is 1. The van der Waals surface area contributed by atoms with Crippen LogP contribution in [0.4, 0.5) is 11.6 Å². The van der Waals surface area contributed by atoms with E-state index in [9.17, 15) is 4.79 Å². The third-order valence-electron chi connectivity index (χ3n) is 2.03. The minimum absolute atomic E-state index is 0.0660. The van der Waals surface area contributed by atoms with Crippen LogP contribution in [0.15, 0.2) is 12.1 Å². The highest BCUT2D eigenvalue weighted by atomic mass is 16.2. The summed E-state index contributed by atoms with van der Waals surface area (Å²) in [6.45, 7) is 7.43. The van der Waals surface area contributed by atoms with Gasteiger partial charge in [0.25, 0.3) is 0 Å². The lowest BCUT2D eigenvalue weighted by atomic mass is 9.96. The van der Waals surface area contributed by atoms with Gasteiger partial charge in [-0.25, -0.2) is 4.98 Å². The van der Waals surface area contributed by atoms with E-state index in [1.807, 2.05) is 33.8 Å². The van der Waals surface area contributed by atoms with Crippen molar-refractivity contribution < 1.29 is 4.79 Å². The van der Waals surface area contributed by atoms with Gasteiger partial charge in [0.1, 0.15) is 11.6 Å². The largest absolute Gasteiger partial charge is 0.384 e. The van der Waals surface area contributed by atoms with Crippen LogP contribution in [0.25, 0.3) is 0 Å². The first kappa shape index (κ1) is 11.5. The van der Waals surface area contributed by atoms with Crippen LogP contribution in [0, 0.1) is 12.3 Å². The zero-order valence-electron chi connectivity index (χ0n) is 9.59. The second-order valence-electron chi connectivity index (χ2n) is 4.61. The molecule has 0 radical (unpaired) electrons. The summed E-state index contributed by atoms with van der Waals surface area (Å²) in [7, 11) is 0. The fourth-order valence-electron chi connectivity index (χ4n) is 0.965. The maximum atomic E-state index is 11.7. The Morgan fingerprint density at radius 1 is 1.40 bits per heavy atom. The topological polar surface area (TPSA) is 68.0 Å². The molecule has 15 heavy (non-hydrogen) atoms. The second-order valence-corrected chi connectivity index (χ2v) is 4.61. The summed E-state index contributed by atoms with van der Waals surface area (Å²) in [5, 5.41) is 2.76. The monoisotopic (exact) mass is 207 g/mol. The van der Waals surface area contributed by atoms with Crippen molar-refractivity contribution in [3.8, 4) is 0 Å². The van der Waals surface area contributed by atoms with Crippen LogP contribution in [0.1, 0.15) is 26.3 Å². The van der Waals surface area contributed by atoms with Crippen molar-refractivity contribution in [3.05, 3.63) is 17.7 Å². The Labute approximate surface area is 89.9 Å². The Hall–Kier alpha value is -1.58. The molecular formula is C11H17N3O. The molecule has 1 heterocycles. The van der Waals surface area contributed by atoms with E-state index in [1.165, 1.54) is 0 Å². The molecule has 82 valence electrons. The van der Waals surface area contributed by atoms with Crippen molar-refractivity contribution in [3.63, 3.8) is 0 Å². The maximum Gasteiger partial charge on any atom is 0.230 e. The highest BCUT2D eigenvalue weighted by molar-refractivity contribution is 5.94. The minimum atomic E-state index is -0.432. The predicted molar refractivity (Wildman–Crippen MR) is 61.5 cm³/mol. The molecule has 1 amide bonds. The van der Waals surface area contributed by atoms with Gasteiger partial charge in [-0.2, -0.15) is 0 Å². The highest BCUT2D eigenvalue weighted by Crippen LogP contribution is 2.19. The van der Waals surface area contributed by atoms with E-state index in [-0.39, 0.29) is 5.91 Å². The molecule has 1 rings (SSSR count). The minimum Gasteiger partial charge on any atom is -0.384 e. The van der Waals surface area contributed by atoms with E-state index in [0.29, 0.717) is 11.6 Å². The number of hydrogen-bond acceptors (Lipinski definition) is 3. The predicted octanol–water partition coefficient (Wildman–Crippen LogP) is 1.96. The molecule has 4 nitrogen and oxygen atoms in total. The van der Waals surface area contributed by atoms with Gasteiger partial charge in [-0.05, 0) is 18.6 Å². The molecule has 0 atom stereocenters. The maximum absolute atomic E-state index is 11.7. The number of nitrogens with two attached hydrogens (primary N) is 1. The second kappa shape index (κ2) is 3.88. The molecule has 0 spiro atoms. The van der Waals surface area contributed by atoms with Crippen LogP contribution in [-0.2, 0) is 4.79 Å². The number of aryl methyl sites for hydroxylation is 1. The highest BCUT2D eigenvalue weighted by Gasteiger charge is 2.22. The summed E-state index contributed by atoms with van der Waals surface area (Å²) in [5.41, 5.74) is 6.02. The van der Waals surface area contributed by atoms with Crippen molar-refractivity contribution in [2.45, 2.75) is 27.7 Å². The SMILES string of the molecule is Cc1ccc(N)nc1NC(=O)C(C)(C)C. The summed E-state index contributed by atoms with van der Waals surface area (Å²) in [6.07, 6.45) is 0. The lowest BCUT2D eigenvalue weighted by Crippen LogP contribution is -2.28. The molecule has 0 aliphatic carbocycles. The molecule has 0 saturated heterocycles. The van der Waals surface area contributed by atoms with Crippen LogP contribution in [0.5, 0.6) is 0 Å². The van der Waals surface area contributed by atoms with E-state index in [0.717, 1.165) is 5.56 Å². The van der Waals surface area contributed by atoms with Gasteiger partial charge >= 0.3 is 0 Å². The zero-order valence-corrected chi connectivity index (χ0v) is 9.59. The van der Waals surface area contributed by atoms with Gasteiger partial charge in [0.15, 0.2) is 0 Å². The number of amides is 1. The molecule has 0 fully saturated rings. The Morgan fingerprint density at radius 3 is 2.53 bits per heavy atom. The van der Waals surface area contributed by atoms with Crippen molar-refractivity contribution in [1.82, 2.24) is 4.98 Å². The molecule has 4 heteroatoms. The van der Waals surface area contributed by atoms with Crippen LogP contribution < -0.4 is 11.1 Å². The van der Waals surface area contributed by atoms with Gasteiger partial charge in [0, 0.05) is 5.41 Å². The van der Waals surface area contributed by atoms with Crippen LogP contribution >= 0.6 is 0 Å². The van der Waals surface area contributed by atoms with Gasteiger partial charge in [0.2, 0.25) is 5.91 Å². The Balaban J connectivity index is 2.90. The summed E-state index contributed by atoms with van der Waals surface area (Å²) in [6, 6.07) is 3.54. The van der Waals surface area contributed by atoms with Crippen molar-refractivity contribution in [2.75, 3.05) is 11.1 Å².